The first-order valence-electron chi connectivity index (χ1n) is 6.00. The average Bonchev–Trinajstić information content (AvgIpc) is 2.90. The molecule has 0 spiro atoms. The van der Waals surface area contributed by atoms with Crippen molar-refractivity contribution in [1.82, 2.24) is 14.7 Å². The second-order valence-electron chi connectivity index (χ2n) is 4.54. The number of aliphatic hydroxyl groups excluding tert-OH is 1. The highest BCUT2D eigenvalue weighted by atomic mass is 32.1. The normalized spacial score (nSPS) is 13.4. The summed E-state index contributed by atoms with van der Waals surface area (Å²) in [5.74, 6) is 1.03. The Labute approximate surface area is 110 Å². The van der Waals surface area contributed by atoms with Gasteiger partial charge in [-0.15, -0.1) is 11.3 Å². The average molecular weight is 269 g/mol. The number of thiazole rings is 1. The van der Waals surface area contributed by atoms with Gasteiger partial charge in [-0.25, -0.2) is 0 Å². The van der Waals surface area contributed by atoms with E-state index in [0.717, 1.165) is 10.7 Å². The molecule has 0 aromatic carbocycles. The Kier molecular flexibility index (Phi) is 4.21. The number of ether oxygens (including phenoxy) is 1. The molecule has 2 aromatic heterocycles. The molecule has 5 nitrogen and oxygen atoms in total. The number of hydrogen-bond acceptors (Lipinski definition) is 5. The van der Waals surface area contributed by atoms with Crippen molar-refractivity contribution in [3.8, 4) is 5.88 Å². The lowest BCUT2D eigenvalue weighted by Gasteiger charge is -2.19. The van der Waals surface area contributed by atoms with Crippen LogP contribution in [0.1, 0.15) is 19.5 Å². The molecule has 2 heterocycles. The summed E-state index contributed by atoms with van der Waals surface area (Å²) in [5.41, 5.74) is 0.993. The molecule has 1 atom stereocenters. The van der Waals surface area contributed by atoms with Gasteiger partial charge in [0, 0.05) is 24.2 Å². The van der Waals surface area contributed by atoms with Crippen molar-refractivity contribution in [2.24, 2.45) is 5.92 Å². The maximum absolute atomic E-state index is 9.31. The molecule has 0 aliphatic rings. The van der Waals surface area contributed by atoms with Crippen molar-refractivity contribution in [2.75, 3.05) is 13.7 Å². The van der Waals surface area contributed by atoms with Crippen LogP contribution in [0.5, 0.6) is 5.88 Å². The van der Waals surface area contributed by atoms with Crippen LogP contribution in [0.2, 0.25) is 0 Å². The summed E-state index contributed by atoms with van der Waals surface area (Å²) in [6.07, 6.45) is 1.98. The van der Waals surface area contributed by atoms with Crippen molar-refractivity contribution in [2.45, 2.75) is 26.4 Å². The van der Waals surface area contributed by atoms with E-state index in [0.29, 0.717) is 18.3 Å². The summed E-state index contributed by atoms with van der Waals surface area (Å²) in [7, 11) is 1.63. The lowest BCUT2D eigenvalue weighted by Crippen LogP contribution is -2.36. The van der Waals surface area contributed by atoms with E-state index in [-0.39, 0.29) is 12.6 Å². The molecule has 0 saturated heterocycles. The Morgan fingerprint density at radius 3 is 2.94 bits per heavy atom. The maximum Gasteiger partial charge on any atom is 0.237 e. The number of nitrogens with zero attached hydrogens (tertiary/aromatic N) is 2. The molecule has 0 bridgehead atoms. The van der Waals surface area contributed by atoms with Gasteiger partial charge in [0.2, 0.25) is 5.88 Å². The highest BCUT2D eigenvalue weighted by Crippen LogP contribution is 2.23. The molecule has 6 heteroatoms. The third kappa shape index (κ3) is 2.50. The quantitative estimate of drug-likeness (QED) is 0.834. The highest BCUT2D eigenvalue weighted by Gasteiger charge is 2.16. The number of fused-ring (bicyclic) bond motifs is 1. The molecule has 2 N–H and O–H groups in total. The zero-order chi connectivity index (χ0) is 13.1. The van der Waals surface area contributed by atoms with Crippen molar-refractivity contribution >= 4 is 16.3 Å². The van der Waals surface area contributed by atoms with Crippen molar-refractivity contribution in [3.63, 3.8) is 0 Å². The zero-order valence-corrected chi connectivity index (χ0v) is 11.7. The summed E-state index contributed by atoms with van der Waals surface area (Å²) in [5, 5.41) is 14.6. The van der Waals surface area contributed by atoms with Gasteiger partial charge in [-0.05, 0) is 5.92 Å². The number of rotatable bonds is 6. The van der Waals surface area contributed by atoms with E-state index in [2.05, 4.69) is 24.1 Å². The first-order chi connectivity index (χ1) is 8.67. The van der Waals surface area contributed by atoms with E-state index >= 15 is 0 Å². The van der Waals surface area contributed by atoms with Gasteiger partial charge >= 0.3 is 0 Å². The second-order valence-corrected chi connectivity index (χ2v) is 5.41. The van der Waals surface area contributed by atoms with Gasteiger partial charge in [0.1, 0.15) is 5.69 Å². The van der Waals surface area contributed by atoms with E-state index in [4.69, 9.17) is 4.74 Å². The van der Waals surface area contributed by atoms with Gasteiger partial charge in [0.25, 0.3) is 0 Å². The minimum atomic E-state index is 0.0823. The highest BCUT2D eigenvalue weighted by molar-refractivity contribution is 7.15. The van der Waals surface area contributed by atoms with Crippen LogP contribution in [0.3, 0.4) is 0 Å². The number of aliphatic hydroxyl groups is 1. The lowest BCUT2D eigenvalue weighted by atomic mass is 10.1. The van der Waals surface area contributed by atoms with Gasteiger partial charge in [-0.3, -0.25) is 4.40 Å². The summed E-state index contributed by atoms with van der Waals surface area (Å²) in [6.45, 7) is 4.93. The molecular formula is C12H19N3O2S. The summed E-state index contributed by atoms with van der Waals surface area (Å²) < 4.78 is 7.31. The molecule has 18 heavy (non-hydrogen) atoms. The molecule has 0 amide bonds. The van der Waals surface area contributed by atoms with E-state index in [1.54, 1.807) is 18.4 Å². The van der Waals surface area contributed by atoms with Crippen LogP contribution >= 0.6 is 11.3 Å². The van der Waals surface area contributed by atoms with Crippen LogP contribution in [0.15, 0.2) is 11.6 Å². The molecule has 0 aliphatic heterocycles. The summed E-state index contributed by atoms with van der Waals surface area (Å²) >= 11 is 1.58. The fourth-order valence-electron chi connectivity index (χ4n) is 1.88. The van der Waals surface area contributed by atoms with E-state index in [1.165, 1.54) is 0 Å². The first kappa shape index (κ1) is 13.3. The van der Waals surface area contributed by atoms with Crippen LogP contribution in [-0.2, 0) is 6.54 Å². The van der Waals surface area contributed by atoms with Crippen LogP contribution in [0.4, 0.5) is 0 Å². The van der Waals surface area contributed by atoms with Crippen molar-refractivity contribution < 1.29 is 9.84 Å². The second kappa shape index (κ2) is 5.69. The molecule has 2 rings (SSSR count). The SMILES string of the molecule is COc1nc2sccn2c1CN[C@H](CO)C(C)C. The Bertz CT molecular complexity index is 506. The zero-order valence-electron chi connectivity index (χ0n) is 10.9. The van der Waals surface area contributed by atoms with Gasteiger partial charge in [-0.1, -0.05) is 13.8 Å². The van der Waals surface area contributed by atoms with Gasteiger partial charge in [-0.2, -0.15) is 4.98 Å². The van der Waals surface area contributed by atoms with Gasteiger partial charge in [0.05, 0.1) is 13.7 Å². The Hall–Kier alpha value is -1.11. The summed E-state index contributed by atoms with van der Waals surface area (Å²) in [6, 6.07) is 0.0823. The van der Waals surface area contributed by atoms with Gasteiger partial charge < -0.3 is 15.2 Å². The Balaban J connectivity index is 2.17. The number of aromatic nitrogens is 2. The monoisotopic (exact) mass is 269 g/mol. The fourth-order valence-corrected chi connectivity index (χ4v) is 2.60. The molecule has 100 valence electrons. The van der Waals surface area contributed by atoms with E-state index in [9.17, 15) is 5.11 Å². The standard InChI is InChI=1S/C12H19N3O2S/c1-8(2)9(7-16)13-6-10-11(17-3)14-12-15(10)4-5-18-12/h4-5,8-9,13,16H,6-7H2,1-3H3/t9-/m1/s1. The molecule has 2 aromatic rings. The molecule has 0 radical (unpaired) electrons. The molecule has 0 fully saturated rings. The minimum Gasteiger partial charge on any atom is -0.480 e. The van der Waals surface area contributed by atoms with Crippen LogP contribution in [0.25, 0.3) is 4.96 Å². The predicted molar refractivity (Wildman–Crippen MR) is 72.2 cm³/mol. The summed E-state index contributed by atoms with van der Waals surface area (Å²) in [4.78, 5) is 5.32. The lowest BCUT2D eigenvalue weighted by molar-refractivity contribution is 0.209. The van der Waals surface area contributed by atoms with Crippen LogP contribution in [-0.4, -0.2) is 34.2 Å². The fraction of sp³-hybridized carbons (Fsp3) is 0.583. The number of methoxy groups -OCH3 is 1. The van der Waals surface area contributed by atoms with Crippen LogP contribution in [0, 0.1) is 5.92 Å². The number of imidazole rings is 1. The third-order valence-electron chi connectivity index (χ3n) is 3.05. The third-order valence-corrected chi connectivity index (χ3v) is 3.81. The maximum atomic E-state index is 9.31. The largest absolute Gasteiger partial charge is 0.480 e. The van der Waals surface area contributed by atoms with Crippen molar-refractivity contribution in [1.29, 1.82) is 0 Å². The molecular weight excluding hydrogens is 250 g/mol. The smallest absolute Gasteiger partial charge is 0.237 e. The Morgan fingerprint density at radius 2 is 2.33 bits per heavy atom. The topological polar surface area (TPSA) is 58.8 Å². The van der Waals surface area contributed by atoms with Crippen LogP contribution < -0.4 is 10.1 Å². The van der Waals surface area contributed by atoms with E-state index < -0.39 is 0 Å². The van der Waals surface area contributed by atoms with Crippen molar-refractivity contribution in [3.05, 3.63) is 17.3 Å². The van der Waals surface area contributed by atoms with Gasteiger partial charge in [0.15, 0.2) is 4.96 Å². The first-order valence-corrected chi connectivity index (χ1v) is 6.88. The Morgan fingerprint density at radius 1 is 1.56 bits per heavy atom. The predicted octanol–water partition coefficient (Wildman–Crippen LogP) is 1.51. The number of nitrogens with one attached hydrogen (secondary N) is 1. The van der Waals surface area contributed by atoms with E-state index in [1.807, 2.05) is 16.0 Å². The number of hydrogen-bond donors (Lipinski definition) is 2. The molecule has 0 saturated carbocycles. The molecule has 0 unspecified atom stereocenters. The minimum absolute atomic E-state index is 0.0823. The molecule has 0 aliphatic carbocycles.